The molecule has 0 unspecified atom stereocenters. The number of nitrogens with zero attached hydrogens (tertiary/aromatic N) is 6. The van der Waals surface area contributed by atoms with Crippen LogP contribution in [0.3, 0.4) is 0 Å². The number of piperidine rings is 1. The van der Waals surface area contributed by atoms with Crippen LogP contribution in [0.1, 0.15) is 59.7 Å². The Morgan fingerprint density at radius 2 is 2.09 bits per heavy atom. The zero-order valence-corrected chi connectivity index (χ0v) is 18.1. The number of nitrogen functional groups attached to an aromatic ring is 1. The minimum Gasteiger partial charge on any atom is -0.494 e. The Hall–Kier alpha value is -3.76. The molecule has 10 nitrogen and oxygen atoms in total. The van der Waals surface area contributed by atoms with Crippen molar-refractivity contribution in [3.05, 3.63) is 41.5 Å². The third-order valence-electron chi connectivity index (χ3n) is 6.45. The van der Waals surface area contributed by atoms with Crippen LogP contribution in [0.2, 0.25) is 0 Å². The van der Waals surface area contributed by atoms with Crippen LogP contribution in [0.4, 0.5) is 10.3 Å². The van der Waals surface area contributed by atoms with E-state index in [-0.39, 0.29) is 23.5 Å². The van der Waals surface area contributed by atoms with E-state index in [0.29, 0.717) is 47.1 Å². The fourth-order valence-electron chi connectivity index (χ4n) is 4.53. The van der Waals surface area contributed by atoms with Crippen LogP contribution in [-0.2, 0) is 0 Å². The van der Waals surface area contributed by atoms with Crippen molar-refractivity contribution in [3.8, 4) is 5.75 Å². The van der Waals surface area contributed by atoms with E-state index < -0.39 is 5.82 Å². The van der Waals surface area contributed by atoms with Gasteiger partial charge in [-0.05, 0) is 31.7 Å². The van der Waals surface area contributed by atoms with E-state index in [1.165, 1.54) is 23.8 Å². The number of anilines is 1. The average molecular weight is 450 g/mol. The molecular weight excluding hydrogens is 427 g/mol. The van der Waals surface area contributed by atoms with E-state index in [1.807, 2.05) is 4.90 Å². The first-order chi connectivity index (χ1) is 16.0. The maximum absolute atomic E-state index is 14.4. The van der Waals surface area contributed by atoms with E-state index in [1.54, 1.807) is 6.20 Å². The van der Waals surface area contributed by atoms with Gasteiger partial charge in [0.1, 0.15) is 11.5 Å². The molecule has 4 heterocycles. The summed E-state index contributed by atoms with van der Waals surface area (Å²) in [4.78, 5) is 31.4. The van der Waals surface area contributed by atoms with E-state index in [9.17, 15) is 9.18 Å². The Bertz CT molecular complexity index is 1390. The Balaban J connectivity index is 1.31. The number of fused-ring (bicyclic) bond motifs is 3. The number of aromatic amines is 1. The number of halogens is 1. The van der Waals surface area contributed by atoms with Gasteiger partial charge in [-0.2, -0.15) is 4.52 Å². The fourth-order valence-corrected chi connectivity index (χ4v) is 4.53. The van der Waals surface area contributed by atoms with E-state index in [2.05, 4.69) is 20.1 Å². The van der Waals surface area contributed by atoms with Gasteiger partial charge < -0.3 is 20.4 Å². The molecule has 1 aliphatic heterocycles. The number of benzene rings is 1. The van der Waals surface area contributed by atoms with Crippen LogP contribution in [-0.4, -0.2) is 60.6 Å². The number of aromatic nitrogens is 6. The molecule has 1 aromatic carbocycles. The van der Waals surface area contributed by atoms with Crippen LogP contribution >= 0.6 is 0 Å². The number of carbonyl (C=O) groups is 1. The number of hydrogen-bond acceptors (Lipinski definition) is 7. The van der Waals surface area contributed by atoms with E-state index >= 15 is 0 Å². The highest BCUT2D eigenvalue weighted by Crippen LogP contribution is 2.38. The topological polar surface area (TPSA) is 127 Å². The van der Waals surface area contributed by atoms with E-state index in [4.69, 9.17) is 15.5 Å². The van der Waals surface area contributed by atoms with Crippen LogP contribution < -0.4 is 10.5 Å². The van der Waals surface area contributed by atoms with Gasteiger partial charge in [-0.3, -0.25) is 4.79 Å². The highest BCUT2D eigenvalue weighted by Gasteiger charge is 2.31. The molecule has 1 amide bonds. The predicted molar refractivity (Wildman–Crippen MR) is 118 cm³/mol. The van der Waals surface area contributed by atoms with Gasteiger partial charge in [0.2, 0.25) is 5.95 Å². The predicted octanol–water partition coefficient (Wildman–Crippen LogP) is 2.63. The molecule has 11 heteroatoms. The second-order valence-electron chi connectivity index (χ2n) is 8.73. The minimum absolute atomic E-state index is 0.0639. The Morgan fingerprint density at radius 1 is 1.24 bits per heavy atom. The Morgan fingerprint density at radius 3 is 2.88 bits per heavy atom. The molecule has 0 bridgehead atoms. The normalized spacial score (nSPS) is 18.8. The largest absolute Gasteiger partial charge is 0.494 e. The first kappa shape index (κ1) is 19.9. The van der Waals surface area contributed by atoms with E-state index in [0.717, 1.165) is 31.5 Å². The molecule has 1 aliphatic carbocycles. The van der Waals surface area contributed by atoms with Crippen molar-refractivity contribution in [1.29, 1.82) is 0 Å². The lowest BCUT2D eigenvalue weighted by Gasteiger charge is -2.31. The number of ether oxygens (including phenoxy) is 1. The zero-order chi connectivity index (χ0) is 22.7. The molecule has 4 aromatic rings. The standard InChI is InChI=1S/C22H23FN8O2/c1-33-17-8-15-13(7-14(17)23)20-28-19(29-31(20)22(24)27-15)12-3-2-6-30(10-12)21(32)16-9-25-18(26-16)11-4-5-11/h7-9,11-12H,2-6,10H2,1H3,(H2,24,27)(H,25,26)/t12-/m1/s1. The molecule has 170 valence electrons. The zero-order valence-electron chi connectivity index (χ0n) is 18.1. The third-order valence-corrected chi connectivity index (χ3v) is 6.45. The molecule has 1 saturated carbocycles. The first-order valence-electron chi connectivity index (χ1n) is 11.1. The van der Waals surface area contributed by atoms with Crippen molar-refractivity contribution >= 4 is 28.4 Å². The molecule has 3 aromatic heterocycles. The van der Waals surface area contributed by atoms with Crippen molar-refractivity contribution < 1.29 is 13.9 Å². The summed E-state index contributed by atoms with van der Waals surface area (Å²) in [5.74, 6) is 1.52. The molecule has 1 atom stereocenters. The molecule has 2 fully saturated rings. The maximum Gasteiger partial charge on any atom is 0.271 e. The van der Waals surface area contributed by atoms with Crippen LogP contribution in [0.25, 0.3) is 16.6 Å². The van der Waals surface area contributed by atoms with Gasteiger partial charge in [0.05, 0.1) is 18.8 Å². The van der Waals surface area contributed by atoms with Crippen LogP contribution in [0, 0.1) is 5.82 Å². The monoisotopic (exact) mass is 450 g/mol. The number of imidazole rings is 1. The summed E-state index contributed by atoms with van der Waals surface area (Å²) in [6.07, 6.45) is 5.54. The first-order valence-corrected chi connectivity index (χ1v) is 11.1. The van der Waals surface area contributed by atoms with Gasteiger partial charge in [0, 0.05) is 36.4 Å². The molecule has 33 heavy (non-hydrogen) atoms. The highest BCUT2D eigenvalue weighted by atomic mass is 19.1. The number of amides is 1. The van der Waals surface area contributed by atoms with Gasteiger partial charge in [-0.25, -0.2) is 19.3 Å². The Kier molecular flexibility index (Phi) is 4.46. The fraction of sp³-hybridized carbons (Fsp3) is 0.409. The minimum atomic E-state index is -0.511. The van der Waals surface area contributed by atoms with Crippen molar-refractivity contribution in [2.45, 2.75) is 37.5 Å². The molecule has 2 aliphatic rings. The molecular formula is C22H23FN8O2. The lowest BCUT2D eigenvalue weighted by Crippen LogP contribution is -2.39. The number of H-pyrrole nitrogens is 1. The molecule has 6 rings (SSSR count). The lowest BCUT2D eigenvalue weighted by molar-refractivity contribution is 0.0699. The molecule has 3 N–H and O–H groups in total. The summed E-state index contributed by atoms with van der Waals surface area (Å²) >= 11 is 0. The second-order valence-corrected chi connectivity index (χ2v) is 8.73. The summed E-state index contributed by atoms with van der Waals surface area (Å²) in [6.45, 7) is 1.15. The quantitative estimate of drug-likeness (QED) is 0.489. The SMILES string of the molecule is COc1cc2nc(N)n3nc([C@@H]4CCCN(C(=O)c5cnc(C6CC6)[nH]5)C4)nc3c2cc1F. The van der Waals surface area contributed by atoms with Gasteiger partial charge in [-0.1, -0.05) is 0 Å². The number of nitrogens with two attached hydrogens (primary N) is 1. The number of methoxy groups -OCH3 is 1. The summed E-state index contributed by atoms with van der Waals surface area (Å²) in [6, 6.07) is 2.83. The van der Waals surface area contributed by atoms with Gasteiger partial charge in [0.15, 0.2) is 23.0 Å². The van der Waals surface area contributed by atoms with Crippen molar-refractivity contribution in [1.82, 2.24) is 34.4 Å². The second kappa shape index (κ2) is 7.39. The van der Waals surface area contributed by atoms with Crippen molar-refractivity contribution in [2.24, 2.45) is 0 Å². The number of hydrogen-bond donors (Lipinski definition) is 2. The molecule has 0 radical (unpaired) electrons. The summed E-state index contributed by atoms with van der Waals surface area (Å²) < 4.78 is 20.9. The number of rotatable bonds is 4. The summed E-state index contributed by atoms with van der Waals surface area (Å²) in [5.41, 5.74) is 7.54. The van der Waals surface area contributed by atoms with Crippen LogP contribution in [0.5, 0.6) is 5.75 Å². The van der Waals surface area contributed by atoms with Gasteiger partial charge in [0.25, 0.3) is 5.91 Å². The van der Waals surface area contributed by atoms with Crippen LogP contribution in [0.15, 0.2) is 18.3 Å². The summed E-state index contributed by atoms with van der Waals surface area (Å²) in [7, 11) is 1.40. The number of carbonyl (C=O) groups excluding carboxylic acids is 1. The summed E-state index contributed by atoms with van der Waals surface area (Å²) in [5, 5.41) is 5.06. The lowest BCUT2D eigenvalue weighted by atomic mass is 9.97. The van der Waals surface area contributed by atoms with Gasteiger partial charge >= 0.3 is 0 Å². The smallest absolute Gasteiger partial charge is 0.271 e. The average Bonchev–Trinajstić information content (AvgIpc) is 3.38. The highest BCUT2D eigenvalue weighted by molar-refractivity contribution is 5.93. The van der Waals surface area contributed by atoms with Crippen molar-refractivity contribution in [3.63, 3.8) is 0 Å². The molecule has 0 spiro atoms. The molecule has 1 saturated heterocycles. The number of nitrogens with one attached hydrogen (secondary N) is 1. The third kappa shape index (κ3) is 3.35. The van der Waals surface area contributed by atoms with Gasteiger partial charge in [-0.15, -0.1) is 5.10 Å². The Labute approximate surface area is 188 Å². The number of likely N-dealkylation sites (tertiary alicyclic amines) is 1. The maximum atomic E-state index is 14.4. The van der Waals surface area contributed by atoms with Crippen molar-refractivity contribution in [2.75, 3.05) is 25.9 Å².